The minimum Gasteiger partial charge on any atom is -0.507 e. The third-order valence-corrected chi connectivity index (χ3v) is 8.41. The molecule has 0 heterocycles. The van der Waals surface area contributed by atoms with Gasteiger partial charge in [-0.2, -0.15) is 0 Å². The Balaban J connectivity index is 1.72. The fourth-order valence-electron chi connectivity index (χ4n) is 6.73. The number of nitrogens with zero attached hydrogens (tertiary/aromatic N) is 1. The van der Waals surface area contributed by atoms with Gasteiger partial charge in [-0.15, -0.1) is 0 Å². The summed E-state index contributed by atoms with van der Waals surface area (Å²) in [6.07, 6.45) is -1.17. The van der Waals surface area contributed by atoms with Crippen LogP contribution in [0.4, 0.5) is 0 Å². The number of aliphatic hydroxyl groups excluding tert-OH is 2. The van der Waals surface area contributed by atoms with Crippen molar-refractivity contribution in [1.29, 1.82) is 0 Å². The van der Waals surface area contributed by atoms with Crippen molar-refractivity contribution < 1.29 is 34.8 Å². The zero-order valence-electron chi connectivity index (χ0n) is 20.8. The molecule has 2 unspecified atom stereocenters. The highest BCUT2D eigenvalue weighted by Gasteiger charge is 2.67. The number of aryl methyl sites for hydroxylation is 1. The van der Waals surface area contributed by atoms with Gasteiger partial charge in [-0.25, -0.2) is 0 Å². The highest BCUT2D eigenvalue weighted by Crippen LogP contribution is 2.53. The summed E-state index contributed by atoms with van der Waals surface area (Å²) in [7, 11) is 3.25. The number of carbonyl (C=O) groups excluding carboxylic acids is 3. The molecule has 2 aromatic rings. The van der Waals surface area contributed by atoms with Crippen LogP contribution < -0.4 is 5.73 Å². The standard InChI is InChI=1S/C28H30N2O7/c1-12-6-4-5-7-14(12)15-8-9-18(31)20-16(15)10-13-11-17-22(30(2)3)24(33)21(27(29)36)26(35)28(17,37)25(34)19(13)23(20)32/h4-9,13,17,21-22,24,31-33,37H,10-11H2,1-3H3,(H2,29,36)/t13-,17-,21?,22-,24?,28-/m1/s1. The molecule has 2 aromatic carbocycles. The fourth-order valence-corrected chi connectivity index (χ4v) is 6.73. The van der Waals surface area contributed by atoms with E-state index >= 15 is 0 Å². The Bertz CT molecular complexity index is 1380. The smallest absolute Gasteiger partial charge is 0.230 e. The molecule has 6 atom stereocenters. The van der Waals surface area contributed by atoms with Gasteiger partial charge in [-0.05, 0) is 68.1 Å². The molecule has 2 saturated carbocycles. The zero-order valence-corrected chi connectivity index (χ0v) is 20.8. The quantitative estimate of drug-likeness (QED) is 0.387. The molecule has 3 aliphatic rings. The summed E-state index contributed by atoms with van der Waals surface area (Å²) in [5.41, 5.74) is 6.02. The van der Waals surface area contributed by atoms with Crippen molar-refractivity contribution in [2.75, 3.05) is 14.1 Å². The summed E-state index contributed by atoms with van der Waals surface area (Å²) < 4.78 is 0. The first kappa shape index (κ1) is 25.1. The number of ketones is 2. The number of aliphatic hydroxyl groups is 3. The third-order valence-electron chi connectivity index (χ3n) is 8.41. The molecule has 0 aliphatic heterocycles. The topological polar surface area (TPSA) is 161 Å². The maximum atomic E-state index is 13.9. The maximum absolute atomic E-state index is 13.9. The van der Waals surface area contributed by atoms with E-state index in [0.29, 0.717) is 5.56 Å². The highest BCUT2D eigenvalue weighted by molar-refractivity contribution is 6.25. The fraction of sp³-hybridized carbons (Fsp3) is 0.393. The van der Waals surface area contributed by atoms with Crippen molar-refractivity contribution in [1.82, 2.24) is 4.90 Å². The van der Waals surface area contributed by atoms with Gasteiger partial charge in [0, 0.05) is 17.5 Å². The second-order valence-corrected chi connectivity index (χ2v) is 10.6. The van der Waals surface area contributed by atoms with Gasteiger partial charge >= 0.3 is 0 Å². The van der Waals surface area contributed by atoms with Gasteiger partial charge in [0.1, 0.15) is 17.4 Å². The number of likely N-dealkylation sites (N-methyl/N-ethyl adjacent to an activating group) is 1. The molecule has 6 N–H and O–H groups in total. The van der Waals surface area contributed by atoms with E-state index < -0.39 is 58.7 Å². The number of phenols is 1. The van der Waals surface area contributed by atoms with Crippen LogP contribution in [0.2, 0.25) is 0 Å². The second-order valence-electron chi connectivity index (χ2n) is 10.6. The number of fused-ring (bicyclic) bond motifs is 3. The van der Waals surface area contributed by atoms with Gasteiger partial charge in [-0.1, -0.05) is 30.3 Å². The van der Waals surface area contributed by atoms with E-state index in [0.717, 1.165) is 16.7 Å². The summed E-state index contributed by atoms with van der Waals surface area (Å²) >= 11 is 0. The SMILES string of the molecule is Cc1ccccc1-c1ccc(O)c2c1C[C@@H]1C[C@@H]3[C@@H](N(C)C)C(O)C(C(N)=O)C(=O)[C@]3(O)C(=O)C1=C2O. The first-order valence-corrected chi connectivity index (χ1v) is 12.2. The van der Waals surface area contributed by atoms with Crippen molar-refractivity contribution in [3.63, 3.8) is 0 Å². The third kappa shape index (κ3) is 3.38. The lowest BCUT2D eigenvalue weighted by molar-refractivity contribution is -0.184. The van der Waals surface area contributed by atoms with Crippen LogP contribution in [0.3, 0.4) is 0 Å². The lowest BCUT2D eigenvalue weighted by atomic mass is 9.54. The Morgan fingerprint density at radius 3 is 2.38 bits per heavy atom. The molecule has 0 radical (unpaired) electrons. The van der Waals surface area contributed by atoms with Crippen LogP contribution in [0, 0.1) is 24.7 Å². The van der Waals surface area contributed by atoms with Gasteiger partial charge < -0.3 is 31.1 Å². The molecule has 0 saturated heterocycles. The Hall–Kier alpha value is -3.53. The summed E-state index contributed by atoms with van der Waals surface area (Å²) in [4.78, 5) is 41.0. The molecule has 3 aliphatic carbocycles. The molecule has 0 bridgehead atoms. The zero-order chi connectivity index (χ0) is 27.0. The van der Waals surface area contributed by atoms with Crippen LogP contribution in [-0.4, -0.2) is 74.6 Å². The molecule has 5 rings (SSSR count). The van der Waals surface area contributed by atoms with Gasteiger partial charge in [0.05, 0.1) is 11.7 Å². The monoisotopic (exact) mass is 506 g/mol. The van der Waals surface area contributed by atoms with E-state index in [1.807, 2.05) is 31.2 Å². The molecule has 9 nitrogen and oxygen atoms in total. The summed E-state index contributed by atoms with van der Waals surface area (Å²) in [6.45, 7) is 1.95. The average molecular weight is 507 g/mol. The van der Waals surface area contributed by atoms with Gasteiger partial charge in [0.2, 0.25) is 11.7 Å². The molecule has 37 heavy (non-hydrogen) atoms. The van der Waals surface area contributed by atoms with E-state index in [1.165, 1.54) is 6.07 Å². The average Bonchev–Trinajstić information content (AvgIpc) is 2.82. The van der Waals surface area contributed by atoms with E-state index in [9.17, 15) is 34.8 Å². The number of phenolic OH excluding ortho intramolecular Hbond substituents is 1. The Kier molecular flexibility index (Phi) is 5.78. The second kappa shape index (κ2) is 8.51. The predicted molar refractivity (Wildman–Crippen MR) is 134 cm³/mol. The molecule has 194 valence electrons. The lowest BCUT2D eigenvalue weighted by Crippen LogP contribution is -2.73. The number of nitrogens with two attached hydrogens (primary N) is 1. The van der Waals surface area contributed by atoms with Crippen molar-refractivity contribution in [2.24, 2.45) is 23.5 Å². The van der Waals surface area contributed by atoms with Crippen molar-refractivity contribution in [3.8, 4) is 16.9 Å². The normalized spacial score (nSPS) is 31.1. The Labute approximate surface area is 213 Å². The number of amides is 1. The molecule has 2 fully saturated rings. The molecule has 1 amide bonds. The van der Waals surface area contributed by atoms with Crippen molar-refractivity contribution >= 4 is 23.2 Å². The van der Waals surface area contributed by atoms with Crippen molar-refractivity contribution in [3.05, 3.63) is 58.7 Å². The molecule has 0 aromatic heterocycles. The minimum absolute atomic E-state index is 0.0844. The Morgan fingerprint density at radius 1 is 1.08 bits per heavy atom. The maximum Gasteiger partial charge on any atom is 0.230 e. The van der Waals surface area contributed by atoms with E-state index in [-0.39, 0.29) is 29.7 Å². The van der Waals surface area contributed by atoms with Crippen LogP contribution >= 0.6 is 0 Å². The molecular weight excluding hydrogens is 476 g/mol. The van der Waals surface area contributed by atoms with Gasteiger partial charge in [0.25, 0.3) is 0 Å². The lowest BCUT2D eigenvalue weighted by Gasteiger charge is -2.53. The number of hydrogen-bond acceptors (Lipinski definition) is 8. The summed E-state index contributed by atoms with van der Waals surface area (Å²) in [6, 6.07) is 9.98. The van der Waals surface area contributed by atoms with Gasteiger partial charge in [0.15, 0.2) is 11.4 Å². The number of hydrogen-bond donors (Lipinski definition) is 5. The highest BCUT2D eigenvalue weighted by atomic mass is 16.3. The van der Waals surface area contributed by atoms with Gasteiger partial charge in [-0.3, -0.25) is 14.4 Å². The number of primary amides is 1. The van der Waals surface area contributed by atoms with Crippen LogP contribution in [0.5, 0.6) is 5.75 Å². The molecule has 9 heteroatoms. The minimum atomic E-state index is -2.66. The van der Waals surface area contributed by atoms with Crippen molar-refractivity contribution in [2.45, 2.75) is 37.5 Å². The Morgan fingerprint density at radius 2 is 1.76 bits per heavy atom. The summed E-state index contributed by atoms with van der Waals surface area (Å²) in [5, 5.41) is 44.7. The summed E-state index contributed by atoms with van der Waals surface area (Å²) in [5.74, 6) is -7.47. The molecular formula is C28H30N2O7. The number of benzene rings is 2. The number of Topliss-reactive ketones (excluding diaryl/α,β-unsaturated/α-hetero) is 2. The van der Waals surface area contributed by atoms with E-state index in [1.54, 1.807) is 25.1 Å². The number of rotatable bonds is 3. The first-order valence-electron chi connectivity index (χ1n) is 12.2. The van der Waals surface area contributed by atoms with E-state index in [2.05, 4.69) is 0 Å². The van der Waals surface area contributed by atoms with Crippen LogP contribution in [0.15, 0.2) is 42.0 Å². The molecule has 0 spiro atoms. The number of aromatic hydroxyl groups is 1. The van der Waals surface area contributed by atoms with E-state index in [4.69, 9.17) is 5.73 Å². The first-order chi connectivity index (χ1) is 17.4. The van der Waals surface area contributed by atoms with Crippen LogP contribution in [0.25, 0.3) is 16.9 Å². The van der Waals surface area contributed by atoms with Crippen LogP contribution in [0.1, 0.15) is 23.1 Å². The predicted octanol–water partition coefficient (Wildman–Crippen LogP) is 1.10. The van der Waals surface area contributed by atoms with Crippen LogP contribution in [-0.2, 0) is 20.8 Å². The largest absolute Gasteiger partial charge is 0.507 e. The number of carbonyl (C=O) groups is 3.